The molecule has 1 saturated heterocycles. The Labute approximate surface area is 199 Å². The number of hydrogen-bond donors (Lipinski definition) is 2. The first-order chi connectivity index (χ1) is 14.5. The largest absolute Gasteiger partial charge is 0.439 e. The van der Waals surface area contributed by atoms with Crippen LogP contribution in [-0.4, -0.2) is 47.9 Å². The van der Waals surface area contributed by atoms with Gasteiger partial charge in [-0.15, -0.1) is 24.0 Å². The Balaban J connectivity index is 0.00000341. The number of amides is 1. The molecular formula is C22H29FIN5O2. The molecule has 1 aromatic heterocycles. The first kappa shape index (κ1) is 24.8. The van der Waals surface area contributed by atoms with Gasteiger partial charge < -0.3 is 20.3 Å². The lowest BCUT2D eigenvalue weighted by molar-refractivity contribution is -0.133. The molecular weight excluding hydrogens is 512 g/mol. The Hall–Kier alpha value is -2.43. The molecule has 1 aromatic carbocycles. The molecule has 7 nitrogen and oxygen atoms in total. The van der Waals surface area contributed by atoms with Crippen molar-refractivity contribution in [1.82, 2.24) is 20.5 Å². The zero-order chi connectivity index (χ0) is 21.5. The minimum absolute atomic E-state index is 0. The summed E-state index contributed by atoms with van der Waals surface area (Å²) in [5, 5.41) is 6.63. The van der Waals surface area contributed by atoms with Crippen LogP contribution in [0, 0.1) is 11.7 Å². The van der Waals surface area contributed by atoms with Crippen LogP contribution in [0.4, 0.5) is 4.39 Å². The lowest BCUT2D eigenvalue weighted by Gasteiger charge is -2.20. The van der Waals surface area contributed by atoms with Crippen LogP contribution in [0.3, 0.4) is 0 Å². The van der Waals surface area contributed by atoms with Gasteiger partial charge in [0.15, 0.2) is 5.96 Å². The van der Waals surface area contributed by atoms with Crippen LogP contribution in [0.15, 0.2) is 47.6 Å². The van der Waals surface area contributed by atoms with Crippen molar-refractivity contribution >= 4 is 35.8 Å². The van der Waals surface area contributed by atoms with E-state index in [9.17, 15) is 9.18 Å². The number of nitrogens with zero attached hydrogens (tertiary/aromatic N) is 3. The minimum atomic E-state index is -0.366. The van der Waals surface area contributed by atoms with Crippen molar-refractivity contribution in [2.45, 2.75) is 32.9 Å². The van der Waals surface area contributed by atoms with Crippen LogP contribution in [0.5, 0.6) is 11.6 Å². The van der Waals surface area contributed by atoms with Crippen LogP contribution < -0.4 is 15.4 Å². The highest BCUT2D eigenvalue weighted by molar-refractivity contribution is 14.0. The van der Waals surface area contributed by atoms with E-state index in [-0.39, 0.29) is 47.7 Å². The number of halogens is 2. The molecule has 0 aliphatic carbocycles. The van der Waals surface area contributed by atoms with Gasteiger partial charge in [0.2, 0.25) is 11.8 Å². The summed E-state index contributed by atoms with van der Waals surface area (Å²) in [6, 6.07) is 9.81. The number of likely N-dealkylation sites (tertiary alicyclic amines) is 1. The van der Waals surface area contributed by atoms with E-state index < -0.39 is 0 Å². The summed E-state index contributed by atoms with van der Waals surface area (Å²) in [5.41, 5.74) is 0.813. The maximum absolute atomic E-state index is 13.4. The van der Waals surface area contributed by atoms with Gasteiger partial charge in [-0.3, -0.25) is 9.79 Å². The zero-order valence-electron chi connectivity index (χ0n) is 18.0. The van der Waals surface area contributed by atoms with Crippen molar-refractivity contribution in [1.29, 1.82) is 0 Å². The second-order valence-electron chi connectivity index (χ2n) is 7.52. The molecule has 1 atom stereocenters. The fourth-order valence-corrected chi connectivity index (χ4v) is 3.30. The Kier molecular flexibility index (Phi) is 9.47. The van der Waals surface area contributed by atoms with Crippen molar-refractivity contribution in [2.75, 3.05) is 20.1 Å². The van der Waals surface area contributed by atoms with Crippen LogP contribution >= 0.6 is 24.0 Å². The summed E-state index contributed by atoms with van der Waals surface area (Å²) < 4.78 is 19.2. The lowest BCUT2D eigenvalue weighted by Crippen LogP contribution is -2.45. The highest BCUT2D eigenvalue weighted by Crippen LogP contribution is 2.23. The quantitative estimate of drug-likeness (QED) is 0.333. The van der Waals surface area contributed by atoms with Gasteiger partial charge in [0, 0.05) is 56.5 Å². The Bertz CT molecular complexity index is 909. The van der Waals surface area contributed by atoms with E-state index in [0.717, 1.165) is 18.5 Å². The van der Waals surface area contributed by atoms with Crippen LogP contribution in [-0.2, 0) is 11.3 Å². The third kappa shape index (κ3) is 7.05. The molecule has 2 aromatic rings. The third-order valence-electron chi connectivity index (χ3n) is 4.87. The molecule has 0 bridgehead atoms. The standard InChI is InChI=1S/C22H28FN5O2.HI/c1-15(2)21(29)28-11-9-18(14-28)27-22(24-3)26-13-16-6-5-10-25-20(16)30-19-8-4-7-17(23)12-19;/h4-8,10,12,15,18H,9,11,13-14H2,1-3H3,(H2,24,26,27);1H. The molecule has 9 heteroatoms. The van der Waals surface area contributed by atoms with Gasteiger partial charge in [-0.25, -0.2) is 9.37 Å². The minimum Gasteiger partial charge on any atom is -0.439 e. The number of ether oxygens (including phenoxy) is 1. The van der Waals surface area contributed by atoms with E-state index in [0.29, 0.717) is 30.7 Å². The average Bonchev–Trinajstić information content (AvgIpc) is 3.20. The zero-order valence-corrected chi connectivity index (χ0v) is 20.3. The van der Waals surface area contributed by atoms with Crippen LogP contribution in [0.2, 0.25) is 0 Å². The van der Waals surface area contributed by atoms with E-state index in [1.165, 1.54) is 12.1 Å². The third-order valence-corrected chi connectivity index (χ3v) is 4.87. The monoisotopic (exact) mass is 541 g/mol. The number of hydrogen-bond acceptors (Lipinski definition) is 4. The van der Waals surface area contributed by atoms with Gasteiger partial charge in [0.25, 0.3) is 0 Å². The Morgan fingerprint density at radius 2 is 2.16 bits per heavy atom. The van der Waals surface area contributed by atoms with Crippen molar-refractivity contribution < 1.29 is 13.9 Å². The first-order valence-electron chi connectivity index (χ1n) is 10.1. The molecule has 0 spiro atoms. The summed E-state index contributed by atoms with van der Waals surface area (Å²) in [6.07, 6.45) is 2.50. The highest BCUT2D eigenvalue weighted by atomic mass is 127. The van der Waals surface area contributed by atoms with Gasteiger partial charge in [-0.05, 0) is 24.6 Å². The number of carbonyl (C=O) groups is 1. The fourth-order valence-electron chi connectivity index (χ4n) is 3.30. The molecule has 2 N–H and O–H groups in total. The maximum atomic E-state index is 13.4. The molecule has 0 saturated carbocycles. The van der Waals surface area contributed by atoms with E-state index in [1.807, 2.05) is 30.9 Å². The van der Waals surface area contributed by atoms with Gasteiger partial charge in [-0.2, -0.15) is 0 Å². The van der Waals surface area contributed by atoms with Gasteiger partial charge in [-0.1, -0.05) is 26.0 Å². The van der Waals surface area contributed by atoms with Crippen molar-refractivity contribution in [3.05, 3.63) is 54.0 Å². The molecule has 1 unspecified atom stereocenters. The number of guanidine groups is 1. The molecule has 31 heavy (non-hydrogen) atoms. The number of pyridine rings is 1. The number of carbonyl (C=O) groups excluding carboxylic acids is 1. The lowest BCUT2D eigenvalue weighted by atomic mass is 10.2. The average molecular weight is 541 g/mol. The fraction of sp³-hybridized carbons (Fsp3) is 0.409. The molecule has 0 radical (unpaired) electrons. The van der Waals surface area contributed by atoms with Crippen molar-refractivity contribution in [2.24, 2.45) is 10.9 Å². The van der Waals surface area contributed by atoms with Gasteiger partial charge in [0.1, 0.15) is 11.6 Å². The molecule has 1 amide bonds. The van der Waals surface area contributed by atoms with E-state index in [4.69, 9.17) is 4.74 Å². The van der Waals surface area contributed by atoms with Crippen molar-refractivity contribution in [3.63, 3.8) is 0 Å². The summed E-state index contributed by atoms with van der Waals surface area (Å²) >= 11 is 0. The molecule has 168 valence electrons. The normalized spacial score (nSPS) is 16.1. The van der Waals surface area contributed by atoms with E-state index in [2.05, 4.69) is 20.6 Å². The second kappa shape index (κ2) is 11.8. The Morgan fingerprint density at radius 3 is 2.87 bits per heavy atom. The summed E-state index contributed by atoms with van der Waals surface area (Å²) in [5.74, 6) is 1.24. The van der Waals surface area contributed by atoms with Crippen molar-refractivity contribution in [3.8, 4) is 11.6 Å². The first-order valence-corrected chi connectivity index (χ1v) is 10.1. The molecule has 3 rings (SSSR count). The second-order valence-corrected chi connectivity index (χ2v) is 7.52. The topological polar surface area (TPSA) is 78.9 Å². The SMILES string of the molecule is CN=C(NCc1cccnc1Oc1cccc(F)c1)NC1CCN(C(=O)C(C)C)C1.I. The van der Waals surface area contributed by atoms with E-state index >= 15 is 0 Å². The van der Waals surface area contributed by atoms with Crippen LogP contribution in [0.1, 0.15) is 25.8 Å². The number of benzene rings is 1. The van der Waals surface area contributed by atoms with Gasteiger partial charge >= 0.3 is 0 Å². The van der Waals surface area contributed by atoms with Crippen LogP contribution in [0.25, 0.3) is 0 Å². The summed E-state index contributed by atoms with van der Waals surface area (Å²) in [7, 11) is 1.70. The molecule has 2 heterocycles. The van der Waals surface area contributed by atoms with E-state index in [1.54, 1.807) is 25.4 Å². The van der Waals surface area contributed by atoms with Gasteiger partial charge in [0.05, 0.1) is 0 Å². The maximum Gasteiger partial charge on any atom is 0.225 e. The molecule has 1 aliphatic rings. The smallest absolute Gasteiger partial charge is 0.225 e. The number of rotatable bonds is 6. The predicted molar refractivity (Wildman–Crippen MR) is 129 cm³/mol. The summed E-state index contributed by atoms with van der Waals surface area (Å²) in [6.45, 7) is 5.68. The molecule has 1 fully saturated rings. The Morgan fingerprint density at radius 1 is 1.35 bits per heavy atom. The molecule has 1 aliphatic heterocycles. The number of nitrogens with one attached hydrogen (secondary N) is 2. The predicted octanol–water partition coefficient (Wildman–Crippen LogP) is 3.55. The number of aromatic nitrogens is 1. The number of aliphatic imine (C=N–C) groups is 1. The highest BCUT2D eigenvalue weighted by Gasteiger charge is 2.28. The summed E-state index contributed by atoms with van der Waals surface area (Å²) in [4.78, 5) is 22.6.